The normalized spacial score (nSPS) is 17.0. The van der Waals surface area contributed by atoms with E-state index in [2.05, 4.69) is 9.97 Å². The number of pyridine rings is 3. The zero-order valence-corrected chi connectivity index (χ0v) is 22.1. The highest BCUT2D eigenvalue weighted by atomic mass is 35.5. The summed E-state index contributed by atoms with van der Waals surface area (Å²) in [6.45, 7) is 3.18. The monoisotopic (exact) mass is 557 g/mol. The summed E-state index contributed by atoms with van der Waals surface area (Å²) in [7, 11) is -3.92. The van der Waals surface area contributed by atoms with Gasteiger partial charge in [0.2, 0.25) is 5.56 Å². The first-order valence-electron chi connectivity index (χ1n) is 11.7. The van der Waals surface area contributed by atoms with Crippen LogP contribution in [0.2, 0.25) is 5.02 Å². The number of benzene rings is 1. The van der Waals surface area contributed by atoms with Crippen molar-refractivity contribution in [3.05, 3.63) is 109 Å². The summed E-state index contributed by atoms with van der Waals surface area (Å²) in [6.07, 6.45) is 2.83. The molecule has 0 unspecified atom stereocenters. The summed E-state index contributed by atoms with van der Waals surface area (Å²) in [5.41, 5.74) is 0.223. The van der Waals surface area contributed by atoms with Crippen LogP contribution in [0.1, 0.15) is 40.8 Å². The van der Waals surface area contributed by atoms with E-state index >= 15 is 8.78 Å². The Morgan fingerprint density at radius 3 is 2.45 bits per heavy atom. The number of hydrogen-bond acceptors (Lipinski definition) is 5. The van der Waals surface area contributed by atoms with Crippen molar-refractivity contribution in [3.8, 4) is 16.9 Å². The zero-order chi connectivity index (χ0) is 27.5. The Kier molecular flexibility index (Phi) is 6.35. The lowest BCUT2D eigenvalue weighted by Crippen LogP contribution is -2.24. The molecular weight excluding hydrogens is 536 g/mol. The predicted molar refractivity (Wildman–Crippen MR) is 140 cm³/mol. The second-order valence-corrected chi connectivity index (χ2v) is 11.8. The summed E-state index contributed by atoms with van der Waals surface area (Å²) >= 11 is 6.53. The van der Waals surface area contributed by atoms with Crippen molar-refractivity contribution in [1.82, 2.24) is 14.5 Å². The van der Waals surface area contributed by atoms with Gasteiger partial charge in [-0.2, -0.15) is 0 Å². The Morgan fingerprint density at radius 1 is 1.05 bits per heavy atom. The van der Waals surface area contributed by atoms with Crippen LogP contribution >= 0.6 is 11.6 Å². The van der Waals surface area contributed by atoms with Crippen LogP contribution in [0.15, 0.2) is 63.1 Å². The number of rotatable bonds is 5. The molecule has 1 aromatic carbocycles. The Labute approximate surface area is 221 Å². The summed E-state index contributed by atoms with van der Waals surface area (Å²) in [6, 6.07) is 10.2. The third-order valence-corrected chi connectivity index (χ3v) is 8.25. The lowest BCUT2D eigenvalue weighted by atomic mass is 10.1. The van der Waals surface area contributed by atoms with Crippen molar-refractivity contribution in [3.63, 3.8) is 0 Å². The second-order valence-electron chi connectivity index (χ2n) is 9.46. The minimum Gasteiger partial charge on any atom is -0.326 e. The number of nitrogens with zero attached hydrogens (tertiary/aromatic N) is 2. The van der Waals surface area contributed by atoms with Gasteiger partial charge < -0.3 is 4.98 Å². The van der Waals surface area contributed by atoms with E-state index in [1.54, 1.807) is 26.0 Å². The third-order valence-electron chi connectivity index (χ3n) is 6.76. The van der Waals surface area contributed by atoms with E-state index in [4.69, 9.17) is 11.6 Å². The lowest BCUT2D eigenvalue weighted by molar-refractivity contribution is 0.569. The fourth-order valence-electron chi connectivity index (χ4n) is 4.85. The van der Waals surface area contributed by atoms with Crippen molar-refractivity contribution in [2.45, 2.75) is 37.0 Å². The molecule has 1 aliphatic carbocycles. The van der Waals surface area contributed by atoms with Crippen LogP contribution in [0.3, 0.4) is 0 Å². The van der Waals surface area contributed by atoms with Gasteiger partial charge >= 0.3 is 0 Å². The Morgan fingerprint density at radius 2 is 1.76 bits per heavy atom. The first kappa shape index (κ1) is 26.0. The van der Waals surface area contributed by atoms with Gasteiger partial charge in [0.05, 0.1) is 5.69 Å². The number of aromatic nitrogens is 3. The molecule has 1 fully saturated rings. The number of H-pyrrole nitrogens is 1. The molecule has 1 N–H and O–H groups in total. The summed E-state index contributed by atoms with van der Waals surface area (Å²) in [4.78, 5) is 31.4. The standard InChI is InChI=1S/C27H22ClF2N3O4S/c1-13-12-31-25(15-6-4-8-20(23(15)29)38(3,36)37)24(30)26(13)33-14(2)10-18(22(28)27(33)35)16-11-17(16)19-7-5-9-21(34)32-19/h4-10,12,16-17H,11H2,1-3H3,(H,32,34)/t16-,17-/m0/s1. The molecule has 0 aliphatic heterocycles. The average molecular weight is 558 g/mol. The zero-order valence-electron chi connectivity index (χ0n) is 20.6. The summed E-state index contributed by atoms with van der Waals surface area (Å²) < 4.78 is 56.2. The van der Waals surface area contributed by atoms with Crippen molar-refractivity contribution >= 4 is 21.4 Å². The highest BCUT2D eigenvalue weighted by Gasteiger charge is 2.42. The smallest absolute Gasteiger partial charge is 0.274 e. The van der Waals surface area contributed by atoms with Gasteiger partial charge in [-0.05, 0) is 61.6 Å². The van der Waals surface area contributed by atoms with Gasteiger partial charge in [-0.25, -0.2) is 17.2 Å². The van der Waals surface area contributed by atoms with Crippen LogP contribution < -0.4 is 11.1 Å². The van der Waals surface area contributed by atoms with Crippen LogP contribution in [0.25, 0.3) is 16.9 Å². The Hall–Kier alpha value is -3.63. The molecule has 2 atom stereocenters. The molecule has 11 heteroatoms. The topological polar surface area (TPSA) is 102 Å². The maximum atomic E-state index is 16.0. The lowest BCUT2D eigenvalue weighted by Gasteiger charge is -2.18. The average Bonchev–Trinajstić information content (AvgIpc) is 3.64. The molecule has 38 heavy (non-hydrogen) atoms. The molecule has 0 bridgehead atoms. The molecule has 4 aromatic rings. The van der Waals surface area contributed by atoms with E-state index in [1.165, 1.54) is 24.4 Å². The van der Waals surface area contributed by atoms with Gasteiger partial charge in [0.1, 0.15) is 15.6 Å². The molecule has 0 radical (unpaired) electrons. The molecule has 0 saturated heterocycles. The molecule has 3 heterocycles. The SMILES string of the molecule is Cc1cnc(-c2cccc(S(C)(=O)=O)c2F)c(F)c1-n1c(C)cc([C@H]2C[C@@H]2c2cccc(=O)[nH]2)c(Cl)c1=O. The van der Waals surface area contributed by atoms with Crippen LogP contribution in [0.4, 0.5) is 8.78 Å². The molecule has 7 nitrogen and oxygen atoms in total. The van der Waals surface area contributed by atoms with E-state index in [0.717, 1.165) is 22.6 Å². The van der Waals surface area contributed by atoms with E-state index < -0.39 is 37.6 Å². The first-order valence-corrected chi connectivity index (χ1v) is 13.9. The van der Waals surface area contributed by atoms with Gasteiger partial charge in [-0.1, -0.05) is 23.7 Å². The maximum Gasteiger partial charge on any atom is 0.274 e. The Bertz CT molecular complexity index is 1850. The fourth-order valence-corrected chi connectivity index (χ4v) is 5.89. The number of hydrogen-bond donors (Lipinski definition) is 1. The summed E-state index contributed by atoms with van der Waals surface area (Å²) in [5, 5.41) is -0.0798. The van der Waals surface area contributed by atoms with Crippen LogP contribution in [-0.4, -0.2) is 29.2 Å². The number of sulfone groups is 1. The van der Waals surface area contributed by atoms with Crippen molar-refractivity contribution in [2.24, 2.45) is 0 Å². The van der Waals surface area contributed by atoms with Crippen LogP contribution in [0, 0.1) is 25.5 Å². The van der Waals surface area contributed by atoms with Gasteiger partial charge in [-0.15, -0.1) is 0 Å². The van der Waals surface area contributed by atoms with Crippen LogP contribution in [0.5, 0.6) is 0 Å². The van der Waals surface area contributed by atoms with Gasteiger partial charge in [0.25, 0.3) is 5.56 Å². The largest absolute Gasteiger partial charge is 0.326 e. The Balaban J connectivity index is 1.63. The van der Waals surface area contributed by atoms with Crippen molar-refractivity contribution < 1.29 is 17.2 Å². The molecule has 5 rings (SSSR count). The van der Waals surface area contributed by atoms with E-state index in [9.17, 15) is 18.0 Å². The summed E-state index contributed by atoms with van der Waals surface area (Å²) in [5.74, 6) is -2.22. The van der Waals surface area contributed by atoms with Gasteiger partial charge in [-0.3, -0.25) is 19.1 Å². The molecule has 1 aliphatic rings. The highest BCUT2D eigenvalue weighted by molar-refractivity contribution is 7.90. The van der Waals surface area contributed by atoms with E-state index in [1.807, 2.05) is 6.07 Å². The number of aryl methyl sites for hydroxylation is 2. The fraction of sp³-hybridized carbons (Fsp3) is 0.222. The van der Waals surface area contributed by atoms with E-state index in [-0.39, 0.29) is 33.7 Å². The van der Waals surface area contributed by atoms with Gasteiger partial charge in [0, 0.05) is 41.4 Å². The van der Waals surface area contributed by atoms with Crippen molar-refractivity contribution in [1.29, 1.82) is 0 Å². The molecule has 196 valence electrons. The molecule has 3 aromatic heterocycles. The van der Waals surface area contributed by atoms with Crippen molar-refractivity contribution in [2.75, 3.05) is 6.26 Å². The highest BCUT2D eigenvalue weighted by Crippen LogP contribution is 2.55. The van der Waals surface area contributed by atoms with Gasteiger partial charge in [0.15, 0.2) is 21.5 Å². The second kappa shape index (κ2) is 9.28. The molecular formula is C27H22ClF2N3O4S. The maximum absolute atomic E-state index is 16.0. The number of aromatic amines is 1. The molecule has 0 amide bonds. The quantitative estimate of drug-likeness (QED) is 0.379. The predicted octanol–water partition coefficient (Wildman–Crippen LogP) is 4.81. The minimum absolute atomic E-state index is 0.00727. The number of nitrogens with one attached hydrogen (secondary N) is 1. The number of halogens is 3. The van der Waals surface area contributed by atoms with E-state index in [0.29, 0.717) is 23.2 Å². The minimum atomic E-state index is -3.92. The third kappa shape index (κ3) is 4.37. The molecule has 0 spiro atoms. The van der Waals surface area contributed by atoms with Crippen LogP contribution in [-0.2, 0) is 9.84 Å². The first-order chi connectivity index (χ1) is 17.9. The molecule has 1 saturated carbocycles.